The fourth-order valence-electron chi connectivity index (χ4n) is 1.97. The highest BCUT2D eigenvalue weighted by Crippen LogP contribution is 2.17. The van der Waals surface area contributed by atoms with Crippen LogP contribution in [0.2, 0.25) is 0 Å². The summed E-state index contributed by atoms with van der Waals surface area (Å²) >= 11 is 1.77. The average Bonchev–Trinajstić information content (AvgIpc) is 2.95. The normalized spacial score (nSPS) is 12.3. The van der Waals surface area contributed by atoms with Crippen LogP contribution in [-0.2, 0) is 6.42 Å². The van der Waals surface area contributed by atoms with Crippen molar-refractivity contribution < 1.29 is 4.74 Å². The van der Waals surface area contributed by atoms with E-state index >= 15 is 0 Å². The summed E-state index contributed by atoms with van der Waals surface area (Å²) in [4.78, 5) is 5.80. The quantitative estimate of drug-likeness (QED) is 0.841. The molecule has 0 saturated heterocycles. The highest BCUT2D eigenvalue weighted by Gasteiger charge is 2.07. The smallest absolute Gasteiger partial charge is 0.137 e. The maximum Gasteiger partial charge on any atom is 0.137 e. The molecule has 0 aliphatic heterocycles. The molecule has 1 atom stereocenters. The molecule has 0 radical (unpaired) electrons. The van der Waals surface area contributed by atoms with Crippen molar-refractivity contribution >= 4 is 11.3 Å². The summed E-state index contributed by atoms with van der Waals surface area (Å²) in [6.45, 7) is 2.85. The largest absolute Gasteiger partial charge is 0.492 e. The topological polar surface area (TPSA) is 34.1 Å². The Bertz CT molecular complexity index is 463. The Balaban J connectivity index is 1.84. The zero-order valence-electron chi connectivity index (χ0n) is 11.4. The van der Waals surface area contributed by atoms with E-state index in [2.05, 4.69) is 34.7 Å². The summed E-state index contributed by atoms with van der Waals surface area (Å²) in [6, 6.07) is 8.55. The molecule has 1 unspecified atom stereocenters. The molecular formula is C15H20N2OS. The molecule has 102 valence electrons. The number of nitrogens with zero attached hydrogens (tertiary/aromatic N) is 1. The van der Waals surface area contributed by atoms with Gasteiger partial charge in [-0.2, -0.15) is 0 Å². The van der Waals surface area contributed by atoms with E-state index in [4.69, 9.17) is 4.74 Å². The van der Waals surface area contributed by atoms with Gasteiger partial charge in [-0.25, -0.2) is 0 Å². The van der Waals surface area contributed by atoms with Crippen LogP contribution in [0.3, 0.4) is 0 Å². The number of pyridine rings is 1. The molecule has 2 rings (SSSR count). The molecule has 0 aliphatic rings. The molecule has 0 fully saturated rings. The Morgan fingerprint density at radius 1 is 1.37 bits per heavy atom. The summed E-state index contributed by atoms with van der Waals surface area (Å²) in [5.41, 5.74) is 1.07. The van der Waals surface area contributed by atoms with E-state index in [0.717, 1.165) is 24.3 Å². The molecular weight excluding hydrogens is 256 g/mol. The molecule has 0 bridgehead atoms. The Morgan fingerprint density at radius 2 is 2.26 bits per heavy atom. The predicted octanol–water partition coefficient (Wildman–Crippen LogP) is 3.44. The highest BCUT2D eigenvalue weighted by atomic mass is 32.1. The molecule has 0 amide bonds. The molecule has 4 heteroatoms. The van der Waals surface area contributed by atoms with Gasteiger partial charge < -0.3 is 10.1 Å². The lowest BCUT2D eigenvalue weighted by atomic mass is 10.1. The first kappa shape index (κ1) is 14.0. The van der Waals surface area contributed by atoms with E-state index in [9.17, 15) is 0 Å². The van der Waals surface area contributed by atoms with Gasteiger partial charge in [-0.3, -0.25) is 4.98 Å². The summed E-state index contributed by atoms with van der Waals surface area (Å²) in [7, 11) is 1.96. The van der Waals surface area contributed by atoms with E-state index in [0.29, 0.717) is 12.6 Å². The van der Waals surface area contributed by atoms with Gasteiger partial charge in [0, 0.05) is 17.3 Å². The van der Waals surface area contributed by atoms with Crippen LogP contribution in [0.25, 0.3) is 0 Å². The third kappa shape index (κ3) is 4.04. The van der Waals surface area contributed by atoms with Gasteiger partial charge >= 0.3 is 0 Å². The zero-order valence-corrected chi connectivity index (χ0v) is 12.2. The first-order chi connectivity index (χ1) is 9.33. The van der Waals surface area contributed by atoms with Crippen LogP contribution >= 0.6 is 11.3 Å². The molecule has 2 heterocycles. The van der Waals surface area contributed by atoms with E-state index in [-0.39, 0.29) is 0 Å². The van der Waals surface area contributed by atoms with Crippen molar-refractivity contribution in [2.45, 2.75) is 25.8 Å². The van der Waals surface area contributed by atoms with Gasteiger partial charge in [0.1, 0.15) is 5.75 Å². The molecule has 2 aromatic rings. The summed E-state index contributed by atoms with van der Waals surface area (Å²) < 4.78 is 5.71. The molecule has 3 nitrogen and oxygen atoms in total. The summed E-state index contributed by atoms with van der Waals surface area (Å²) in [6.07, 6.45) is 3.79. The number of nitrogens with one attached hydrogen (secondary N) is 1. The number of hydrogen-bond acceptors (Lipinski definition) is 4. The molecule has 0 aliphatic carbocycles. The minimum absolute atomic E-state index is 0.320. The van der Waals surface area contributed by atoms with Gasteiger partial charge in [-0.05, 0) is 37.0 Å². The highest BCUT2D eigenvalue weighted by molar-refractivity contribution is 7.09. The van der Waals surface area contributed by atoms with Crippen LogP contribution in [0.5, 0.6) is 5.75 Å². The number of rotatable bonds is 7. The molecule has 19 heavy (non-hydrogen) atoms. The van der Waals surface area contributed by atoms with Crippen molar-refractivity contribution in [1.82, 2.24) is 10.3 Å². The Hall–Kier alpha value is -1.39. The second kappa shape index (κ2) is 7.26. The number of aromatic nitrogens is 1. The SMILES string of the molecule is CCC(NC)c1ccc(OCCc2cccs2)cn1. The van der Waals surface area contributed by atoms with Gasteiger partial charge in [0.25, 0.3) is 0 Å². The van der Waals surface area contributed by atoms with Gasteiger partial charge in [-0.1, -0.05) is 13.0 Å². The maximum absolute atomic E-state index is 5.71. The second-order valence-electron chi connectivity index (χ2n) is 4.35. The summed E-state index contributed by atoms with van der Waals surface area (Å²) in [5.74, 6) is 0.839. The fourth-order valence-corrected chi connectivity index (χ4v) is 2.66. The lowest BCUT2D eigenvalue weighted by Crippen LogP contribution is -2.16. The molecule has 0 saturated carbocycles. The van der Waals surface area contributed by atoms with Gasteiger partial charge in [0.2, 0.25) is 0 Å². The Morgan fingerprint density at radius 3 is 2.84 bits per heavy atom. The van der Waals surface area contributed by atoms with E-state index < -0.39 is 0 Å². The molecule has 0 spiro atoms. The number of ether oxygens (including phenoxy) is 1. The minimum atomic E-state index is 0.320. The third-order valence-corrected chi connectivity index (χ3v) is 4.01. The van der Waals surface area contributed by atoms with Crippen LogP contribution in [0, 0.1) is 0 Å². The van der Waals surface area contributed by atoms with Gasteiger partial charge in [0.15, 0.2) is 0 Å². The number of thiophene rings is 1. The van der Waals surface area contributed by atoms with Crippen LogP contribution in [-0.4, -0.2) is 18.6 Å². The van der Waals surface area contributed by atoms with E-state index in [1.807, 2.05) is 25.4 Å². The molecule has 2 aromatic heterocycles. The van der Waals surface area contributed by atoms with Crippen molar-refractivity contribution in [3.63, 3.8) is 0 Å². The van der Waals surface area contributed by atoms with Crippen LogP contribution in [0.4, 0.5) is 0 Å². The maximum atomic E-state index is 5.71. The fraction of sp³-hybridized carbons (Fsp3) is 0.400. The van der Waals surface area contributed by atoms with Gasteiger partial charge in [-0.15, -0.1) is 11.3 Å². The van der Waals surface area contributed by atoms with Crippen molar-refractivity contribution in [2.75, 3.05) is 13.7 Å². The van der Waals surface area contributed by atoms with Crippen LogP contribution < -0.4 is 10.1 Å². The summed E-state index contributed by atoms with van der Waals surface area (Å²) in [5, 5.41) is 5.34. The van der Waals surface area contributed by atoms with Crippen molar-refractivity contribution in [2.24, 2.45) is 0 Å². The monoisotopic (exact) mass is 276 g/mol. The number of hydrogen-bond donors (Lipinski definition) is 1. The zero-order chi connectivity index (χ0) is 13.5. The van der Waals surface area contributed by atoms with Crippen LogP contribution in [0.1, 0.15) is 30.0 Å². The van der Waals surface area contributed by atoms with E-state index in [1.165, 1.54) is 4.88 Å². The first-order valence-electron chi connectivity index (χ1n) is 6.62. The second-order valence-corrected chi connectivity index (χ2v) is 5.38. The van der Waals surface area contributed by atoms with E-state index in [1.54, 1.807) is 11.3 Å². The Kier molecular flexibility index (Phi) is 5.36. The lowest BCUT2D eigenvalue weighted by molar-refractivity contribution is 0.321. The van der Waals surface area contributed by atoms with Crippen LogP contribution in [0.15, 0.2) is 35.8 Å². The van der Waals surface area contributed by atoms with Crippen molar-refractivity contribution in [1.29, 1.82) is 0 Å². The van der Waals surface area contributed by atoms with Gasteiger partial charge in [0.05, 0.1) is 18.5 Å². The van der Waals surface area contributed by atoms with Crippen molar-refractivity contribution in [3.8, 4) is 5.75 Å². The molecule has 0 aromatic carbocycles. The Labute approximate surface area is 118 Å². The van der Waals surface area contributed by atoms with Crippen molar-refractivity contribution in [3.05, 3.63) is 46.4 Å². The lowest BCUT2D eigenvalue weighted by Gasteiger charge is -2.13. The molecule has 1 N–H and O–H groups in total. The first-order valence-corrected chi connectivity index (χ1v) is 7.50. The predicted molar refractivity (Wildman–Crippen MR) is 79.8 cm³/mol. The standard InChI is InChI=1S/C15H20N2OS/c1-3-14(16-2)15-7-6-12(11-17-15)18-9-8-13-5-4-10-19-13/h4-7,10-11,14,16H,3,8-9H2,1-2H3. The minimum Gasteiger partial charge on any atom is -0.492 e. The average molecular weight is 276 g/mol. The third-order valence-electron chi connectivity index (χ3n) is 3.07.